The summed E-state index contributed by atoms with van der Waals surface area (Å²) in [6.07, 6.45) is 2.24. The highest BCUT2D eigenvalue weighted by Gasteiger charge is 2.29. The molecule has 64 valence electrons. The van der Waals surface area contributed by atoms with E-state index in [4.69, 9.17) is 0 Å². The lowest BCUT2D eigenvalue weighted by molar-refractivity contribution is 0.0998. The predicted molar refractivity (Wildman–Crippen MR) is 46.0 cm³/mol. The van der Waals surface area contributed by atoms with Crippen molar-refractivity contribution in [3.8, 4) is 0 Å². The smallest absolute Gasteiger partial charge is 0.200 e. The van der Waals surface area contributed by atoms with Crippen LogP contribution in [0.15, 0.2) is 4.73 Å². The zero-order valence-electron chi connectivity index (χ0n) is 6.62. The summed E-state index contributed by atoms with van der Waals surface area (Å²) in [7, 11) is 0. The number of rotatable bonds is 2. The fourth-order valence-corrected chi connectivity index (χ4v) is 1.71. The molecule has 0 saturated heterocycles. The summed E-state index contributed by atoms with van der Waals surface area (Å²) in [5.74, 6) is 0.435. The van der Waals surface area contributed by atoms with Gasteiger partial charge in [0.1, 0.15) is 0 Å². The normalized spacial score (nSPS) is 16.5. The highest BCUT2D eigenvalue weighted by atomic mass is 79.9. The first kappa shape index (κ1) is 7.91. The molecule has 1 aromatic rings. The van der Waals surface area contributed by atoms with E-state index in [0.717, 1.165) is 12.8 Å². The Labute approximate surface area is 78.1 Å². The number of hydrogen-bond acceptors (Lipinski definition) is 3. The maximum absolute atomic E-state index is 11.1. The predicted octanol–water partition coefficient (Wildman–Crippen LogP) is 1.58. The molecule has 0 radical (unpaired) electrons. The molecule has 0 aromatic carbocycles. The second kappa shape index (κ2) is 2.65. The largest absolute Gasteiger partial charge is 0.296 e. The fourth-order valence-electron chi connectivity index (χ4n) is 1.17. The Hall–Kier alpha value is -0.710. The molecule has 4 nitrogen and oxygen atoms in total. The van der Waals surface area contributed by atoms with Gasteiger partial charge in [0, 0.05) is 13.0 Å². The maximum Gasteiger partial charge on any atom is 0.200 e. The minimum Gasteiger partial charge on any atom is -0.296 e. The third-order valence-electron chi connectivity index (χ3n) is 1.88. The fraction of sp³-hybridized carbons (Fsp3) is 0.571. The molecule has 0 amide bonds. The molecule has 0 bridgehead atoms. The Bertz CT molecular complexity index is 329. The molecular formula is C7H8BrN3O. The van der Waals surface area contributed by atoms with Crippen LogP contribution in [0.3, 0.4) is 0 Å². The molecule has 0 N–H and O–H groups in total. The Balaban J connectivity index is 2.46. The summed E-state index contributed by atoms with van der Waals surface area (Å²) in [6.45, 7) is 1.51. The van der Waals surface area contributed by atoms with Crippen LogP contribution < -0.4 is 0 Å². The lowest BCUT2D eigenvalue weighted by atomic mass is 10.4. The van der Waals surface area contributed by atoms with Crippen LogP contribution >= 0.6 is 15.9 Å². The summed E-state index contributed by atoms with van der Waals surface area (Å²) in [5.41, 5.74) is 0. The summed E-state index contributed by atoms with van der Waals surface area (Å²) in [4.78, 5) is 11.1. The second-order valence-electron chi connectivity index (χ2n) is 2.95. The molecule has 0 spiro atoms. The number of ketones is 1. The van der Waals surface area contributed by atoms with Gasteiger partial charge in [0.05, 0.1) is 0 Å². The third-order valence-corrected chi connectivity index (χ3v) is 2.42. The second-order valence-corrected chi connectivity index (χ2v) is 3.66. The van der Waals surface area contributed by atoms with Crippen molar-refractivity contribution in [1.29, 1.82) is 0 Å². The number of nitrogens with zero attached hydrogens (tertiary/aromatic N) is 3. The molecule has 2 rings (SSSR count). The van der Waals surface area contributed by atoms with E-state index in [9.17, 15) is 4.79 Å². The molecule has 1 fully saturated rings. The van der Waals surface area contributed by atoms with Gasteiger partial charge in [-0.15, -0.1) is 10.2 Å². The molecule has 5 heteroatoms. The van der Waals surface area contributed by atoms with Gasteiger partial charge < -0.3 is 0 Å². The van der Waals surface area contributed by atoms with E-state index in [0.29, 0.717) is 16.6 Å². The van der Waals surface area contributed by atoms with Crippen molar-refractivity contribution in [2.75, 3.05) is 0 Å². The summed E-state index contributed by atoms with van der Waals surface area (Å²) < 4.78 is 2.53. The van der Waals surface area contributed by atoms with E-state index >= 15 is 0 Å². The van der Waals surface area contributed by atoms with Crippen molar-refractivity contribution in [3.05, 3.63) is 10.6 Å². The van der Waals surface area contributed by atoms with Crippen LogP contribution in [0.4, 0.5) is 0 Å². The molecule has 1 heterocycles. The van der Waals surface area contributed by atoms with Crippen LogP contribution in [0.1, 0.15) is 36.4 Å². The van der Waals surface area contributed by atoms with Crippen molar-refractivity contribution in [2.45, 2.75) is 25.8 Å². The van der Waals surface area contributed by atoms with Gasteiger partial charge in [0.15, 0.2) is 5.78 Å². The highest BCUT2D eigenvalue weighted by Crippen LogP contribution is 2.37. The molecule has 12 heavy (non-hydrogen) atoms. The molecule has 0 unspecified atom stereocenters. The first-order valence-electron chi connectivity index (χ1n) is 3.81. The van der Waals surface area contributed by atoms with Crippen LogP contribution in [-0.2, 0) is 0 Å². The van der Waals surface area contributed by atoms with Crippen LogP contribution in [0.25, 0.3) is 0 Å². The molecule has 0 aliphatic heterocycles. The van der Waals surface area contributed by atoms with E-state index in [-0.39, 0.29) is 5.78 Å². The number of Topliss-reactive ketones (excluding diaryl/α,β-unsaturated/α-hetero) is 1. The molecule has 0 atom stereocenters. The van der Waals surface area contributed by atoms with Gasteiger partial charge >= 0.3 is 0 Å². The van der Waals surface area contributed by atoms with Gasteiger partial charge in [-0.1, -0.05) is 0 Å². The van der Waals surface area contributed by atoms with Crippen molar-refractivity contribution >= 4 is 21.7 Å². The maximum atomic E-state index is 11.1. The lowest BCUT2D eigenvalue weighted by Gasteiger charge is -2.01. The average molecular weight is 230 g/mol. The number of aromatic nitrogens is 3. The van der Waals surface area contributed by atoms with Crippen molar-refractivity contribution in [3.63, 3.8) is 0 Å². The molecular weight excluding hydrogens is 222 g/mol. The minimum absolute atomic E-state index is 0.0277. The van der Waals surface area contributed by atoms with Crippen LogP contribution in [0.2, 0.25) is 0 Å². The van der Waals surface area contributed by atoms with Crippen LogP contribution in [-0.4, -0.2) is 20.5 Å². The standard InChI is InChI=1S/C7H8BrN3O/c1-4(12)6-9-10-7(8)11(6)5-2-3-5/h5H,2-3H2,1H3. The van der Waals surface area contributed by atoms with Crippen molar-refractivity contribution in [2.24, 2.45) is 0 Å². The average Bonchev–Trinajstić information content (AvgIpc) is 2.75. The van der Waals surface area contributed by atoms with Gasteiger partial charge in [0.2, 0.25) is 10.6 Å². The van der Waals surface area contributed by atoms with Gasteiger partial charge in [-0.2, -0.15) is 0 Å². The van der Waals surface area contributed by atoms with E-state index in [2.05, 4.69) is 26.1 Å². The van der Waals surface area contributed by atoms with E-state index in [1.807, 2.05) is 4.57 Å². The van der Waals surface area contributed by atoms with E-state index in [1.165, 1.54) is 6.92 Å². The first-order chi connectivity index (χ1) is 5.70. The van der Waals surface area contributed by atoms with Gasteiger partial charge in [0.25, 0.3) is 0 Å². The lowest BCUT2D eigenvalue weighted by Crippen LogP contribution is -2.06. The summed E-state index contributed by atoms with van der Waals surface area (Å²) >= 11 is 3.26. The molecule has 1 saturated carbocycles. The number of carbonyl (C=O) groups is 1. The number of hydrogen-bond donors (Lipinski definition) is 0. The Morgan fingerprint density at radius 1 is 1.58 bits per heavy atom. The first-order valence-corrected chi connectivity index (χ1v) is 4.61. The highest BCUT2D eigenvalue weighted by molar-refractivity contribution is 9.10. The minimum atomic E-state index is -0.0277. The van der Waals surface area contributed by atoms with E-state index in [1.54, 1.807) is 0 Å². The zero-order chi connectivity index (χ0) is 8.72. The quantitative estimate of drug-likeness (QED) is 0.724. The third kappa shape index (κ3) is 1.18. The summed E-state index contributed by atoms with van der Waals surface area (Å²) in [5, 5.41) is 7.60. The number of carbonyl (C=O) groups excluding carboxylic acids is 1. The summed E-state index contributed by atoms with van der Waals surface area (Å²) in [6, 6.07) is 0.438. The van der Waals surface area contributed by atoms with Crippen LogP contribution in [0, 0.1) is 0 Å². The molecule has 1 aliphatic rings. The Kier molecular flexibility index (Phi) is 1.75. The van der Waals surface area contributed by atoms with Gasteiger partial charge in [-0.25, -0.2) is 0 Å². The number of halogens is 1. The van der Waals surface area contributed by atoms with Gasteiger partial charge in [-0.05, 0) is 28.8 Å². The van der Waals surface area contributed by atoms with Gasteiger partial charge in [-0.3, -0.25) is 9.36 Å². The van der Waals surface area contributed by atoms with Crippen molar-refractivity contribution in [1.82, 2.24) is 14.8 Å². The zero-order valence-corrected chi connectivity index (χ0v) is 8.21. The van der Waals surface area contributed by atoms with E-state index < -0.39 is 0 Å². The molecule has 1 aliphatic carbocycles. The monoisotopic (exact) mass is 229 g/mol. The van der Waals surface area contributed by atoms with Crippen LogP contribution in [0.5, 0.6) is 0 Å². The topological polar surface area (TPSA) is 47.8 Å². The van der Waals surface area contributed by atoms with Crippen molar-refractivity contribution < 1.29 is 4.79 Å². The molecule has 1 aromatic heterocycles. The SMILES string of the molecule is CC(=O)c1nnc(Br)n1C1CC1. The Morgan fingerprint density at radius 3 is 2.75 bits per heavy atom. The Morgan fingerprint density at radius 2 is 2.25 bits per heavy atom.